The van der Waals surface area contributed by atoms with Crippen LogP contribution in [-0.4, -0.2) is 30.8 Å². The molecule has 3 aromatic heterocycles. The average molecular weight is 370 g/mol. The Bertz CT molecular complexity index is 1150. The summed E-state index contributed by atoms with van der Waals surface area (Å²) in [6.45, 7) is 4.70. The molecular formula is C22H22N6. The molecule has 0 aliphatic carbocycles. The van der Waals surface area contributed by atoms with E-state index in [2.05, 4.69) is 39.5 Å². The smallest absolute Gasteiger partial charge is 0.159 e. The monoisotopic (exact) mass is 370 g/mol. The molecule has 6 heteroatoms. The van der Waals surface area contributed by atoms with Crippen LogP contribution in [0.4, 0.5) is 5.69 Å². The second kappa shape index (κ2) is 6.73. The van der Waals surface area contributed by atoms with Crippen LogP contribution in [0.5, 0.6) is 0 Å². The van der Waals surface area contributed by atoms with E-state index in [1.54, 1.807) is 0 Å². The van der Waals surface area contributed by atoms with Crippen LogP contribution in [0, 0.1) is 6.92 Å². The Balaban J connectivity index is 1.37. The SMILES string of the molecule is Cc1nc(CN2CCc3nc(-c4ccc(N)cc4)ncc3C2)c2ccccn12. The lowest BCUT2D eigenvalue weighted by Crippen LogP contribution is -2.31. The quantitative estimate of drug-likeness (QED) is 0.561. The molecule has 0 radical (unpaired) electrons. The van der Waals surface area contributed by atoms with Gasteiger partial charge in [-0.25, -0.2) is 15.0 Å². The maximum absolute atomic E-state index is 5.78. The largest absolute Gasteiger partial charge is 0.399 e. The Hall–Kier alpha value is -3.25. The Morgan fingerprint density at radius 1 is 1.07 bits per heavy atom. The Morgan fingerprint density at radius 2 is 1.93 bits per heavy atom. The van der Waals surface area contributed by atoms with Crippen LogP contribution in [0.1, 0.15) is 22.8 Å². The number of nitrogens with zero attached hydrogens (tertiary/aromatic N) is 5. The van der Waals surface area contributed by atoms with Gasteiger partial charge in [0.2, 0.25) is 0 Å². The van der Waals surface area contributed by atoms with Crippen LogP contribution in [0.15, 0.2) is 54.9 Å². The number of nitrogens with two attached hydrogens (primary N) is 1. The molecule has 2 N–H and O–H groups in total. The molecule has 4 aromatic rings. The number of aromatic nitrogens is 4. The highest BCUT2D eigenvalue weighted by molar-refractivity contribution is 5.59. The highest BCUT2D eigenvalue weighted by atomic mass is 15.2. The maximum Gasteiger partial charge on any atom is 0.159 e. The van der Waals surface area contributed by atoms with E-state index in [1.165, 1.54) is 11.1 Å². The molecule has 1 aliphatic heterocycles. The van der Waals surface area contributed by atoms with Gasteiger partial charge in [0.15, 0.2) is 5.82 Å². The van der Waals surface area contributed by atoms with Crippen LogP contribution >= 0.6 is 0 Å². The minimum absolute atomic E-state index is 0.749. The first kappa shape index (κ1) is 16.9. The number of pyridine rings is 1. The predicted octanol–water partition coefficient (Wildman–Crippen LogP) is 3.24. The minimum atomic E-state index is 0.749. The summed E-state index contributed by atoms with van der Waals surface area (Å²) in [5, 5.41) is 0. The molecule has 5 rings (SSSR count). The van der Waals surface area contributed by atoms with E-state index in [9.17, 15) is 0 Å². The number of rotatable bonds is 3. The molecule has 0 amide bonds. The van der Waals surface area contributed by atoms with Gasteiger partial charge < -0.3 is 10.1 Å². The highest BCUT2D eigenvalue weighted by Crippen LogP contribution is 2.23. The van der Waals surface area contributed by atoms with E-state index in [-0.39, 0.29) is 0 Å². The molecule has 0 saturated heterocycles. The second-order valence-corrected chi connectivity index (χ2v) is 7.31. The molecular weight excluding hydrogens is 348 g/mol. The molecule has 4 heterocycles. The van der Waals surface area contributed by atoms with Crippen LogP contribution in [0.3, 0.4) is 0 Å². The van der Waals surface area contributed by atoms with Crippen molar-refractivity contribution in [2.75, 3.05) is 12.3 Å². The van der Waals surface area contributed by atoms with Gasteiger partial charge in [-0.05, 0) is 43.3 Å². The second-order valence-electron chi connectivity index (χ2n) is 7.31. The van der Waals surface area contributed by atoms with Crippen molar-refractivity contribution in [1.29, 1.82) is 0 Å². The van der Waals surface area contributed by atoms with E-state index in [0.717, 1.165) is 60.3 Å². The molecule has 0 saturated carbocycles. The third-order valence-electron chi connectivity index (χ3n) is 5.36. The lowest BCUT2D eigenvalue weighted by atomic mass is 10.1. The van der Waals surface area contributed by atoms with Gasteiger partial charge in [-0.1, -0.05) is 6.07 Å². The Kier molecular flexibility index (Phi) is 4.06. The number of fused-ring (bicyclic) bond motifs is 2. The van der Waals surface area contributed by atoms with Crippen molar-refractivity contribution in [3.05, 3.63) is 77.6 Å². The number of anilines is 1. The Morgan fingerprint density at radius 3 is 2.79 bits per heavy atom. The molecule has 6 nitrogen and oxygen atoms in total. The topological polar surface area (TPSA) is 72.3 Å². The summed E-state index contributed by atoms with van der Waals surface area (Å²) in [5.74, 6) is 1.79. The molecule has 0 atom stereocenters. The minimum Gasteiger partial charge on any atom is -0.399 e. The first-order valence-corrected chi connectivity index (χ1v) is 9.53. The van der Waals surface area contributed by atoms with Crippen LogP contribution < -0.4 is 5.73 Å². The summed E-state index contributed by atoms with van der Waals surface area (Å²) in [7, 11) is 0. The number of hydrogen-bond acceptors (Lipinski definition) is 5. The number of hydrogen-bond donors (Lipinski definition) is 1. The first-order chi connectivity index (χ1) is 13.7. The predicted molar refractivity (Wildman–Crippen MR) is 110 cm³/mol. The fourth-order valence-corrected chi connectivity index (χ4v) is 3.88. The lowest BCUT2D eigenvalue weighted by Gasteiger charge is -2.27. The van der Waals surface area contributed by atoms with Crippen LogP contribution in [-0.2, 0) is 19.5 Å². The molecule has 140 valence electrons. The highest BCUT2D eigenvalue weighted by Gasteiger charge is 2.20. The van der Waals surface area contributed by atoms with Gasteiger partial charge in [-0.2, -0.15) is 0 Å². The average Bonchev–Trinajstić information content (AvgIpc) is 3.04. The summed E-state index contributed by atoms with van der Waals surface area (Å²) in [6, 6.07) is 14.0. The molecule has 0 bridgehead atoms. The van der Waals surface area contributed by atoms with Gasteiger partial charge in [0.25, 0.3) is 0 Å². The Labute approximate surface area is 163 Å². The van der Waals surface area contributed by atoms with Gasteiger partial charge in [-0.3, -0.25) is 4.90 Å². The van der Waals surface area contributed by atoms with Crippen LogP contribution in [0.25, 0.3) is 16.9 Å². The third kappa shape index (κ3) is 3.01. The van der Waals surface area contributed by atoms with E-state index >= 15 is 0 Å². The van der Waals surface area contributed by atoms with Gasteiger partial charge in [-0.15, -0.1) is 0 Å². The standard InChI is InChI=1S/C22H22N6/c1-15-25-20(21-4-2-3-10-28(15)21)14-27-11-9-19-17(13-27)12-24-22(26-19)16-5-7-18(23)8-6-16/h2-8,10,12H,9,11,13-14,23H2,1H3. The van der Waals surface area contributed by atoms with E-state index in [4.69, 9.17) is 15.7 Å². The summed E-state index contributed by atoms with van der Waals surface area (Å²) in [5.41, 5.74) is 12.2. The molecule has 1 aromatic carbocycles. The normalized spacial score (nSPS) is 14.3. The van der Waals surface area contributed by atoms with E-state index in [0.29, 0.717) is 0 Å². The zero-order valence-corrected chi connectivity index (χ0v) is 15.8. The fourth-order valence-electron chi connectivity index (χ4n) is 3.88. The van der Waals surface area contributed by atoms with Gasteiger partial charge in [0, 0.05) is 55.3 Å². The van der Waals surface area contributed by atoms with Crippen molar-refractivity contribution in [3.63, 3.8) is 0 Å². The van der Waals surface area contributed by atoms with E-state index in [1.807, 2.05) is 36.5 Å². The summed E-state index contributed by atoms with van der Waals surface area (Å²) < 4.78 is 2.15. The zero-order chi connectivity index (χ0) is 19.1. The summed E-state index contributed by atoms with van der Waals surface area (Å²) >= 11 is 0. The van der Waals surface area contributed by atoms with Gasteiger partial charge in [0.1, 0.15) is 5.82 Å². The summed E-state index contributed by atoms with van der Waals surface area (Å²) in [4.78, 5) is 16.6. The molecule has 0 spiro atoms. The number of aryl methyl sites for hydroxylation is 1. The van der Waals surface area contributed by atoms with Crippen molar-refractivity contribution in [2.24, 2.45) is 0 Å². The lowest BCUT2D eigenvalue weighted by molar-refractivity contribution is 0.241. The van der Waals surface area contributed by atoms with Crippen LogP contribution in [0.2, 0.25) is 0 Å². The fraction of sp³-hybridized carbons (Fsp3) is 0.227. The molecule has 1 aliphatic rings. The zero-order valence-electron chi connectivity index (χ0n) is 15.8. The van der Waals surface area contributed by atoms with Crippen molar-refractivity contribution in [1.82, 2.24) is 24.3 Å². The van der Waals surface area contributed by atoms with Crippen molar-refractivity contribution < 1.29 is 0 Å². The number of benzene rings is 1. The summed E-state index contributed by atoms with van der Waals surface area (Å²) in [6.07, 6.45) is 4.96. The van der Waals surface area contributed by atoms with Crippen molar-refractivity contribution >= 4 is 11.2 Å². The maximum atomic E-state index is 5.78. The van der Waals surface area contributed by atoms with Crippen molar-refractivity contribution in [3.8, 4) is 11.4 Å². The first-order valence-electron chi connectivity index (χ1n) is 9.53. The third-order valence-corrected chi connectivity index (χ3v) is 5.36. The number of imidazole rings is 1. The van der Waals surface area contributed by atoms with E-state index < -0.39 is 0 Å². The van der Waals surface area contributed by atoms with Gasteiger partial charge in [0.05, 0.1) is 16.9 Å². The van der Waals surface area contributed by atoms with Gasteiger partial charge >= 0.3 is 0 Å². The molecule has 28 heavy (non-hydrogen) atoms. The number of nitrogen functional groups attached to an aromatic ring is 1. The van der Waals surface area contributed by atoms with Crippen molar-refractivity contribution in [2.45, 2.75) is 26.4 Å². The molecule has 0 fully saturated rings. The molecule has 0 unspecified atom stereocenters.